The van der Waals surface area contributed by atoms with E-state index in [-0.39, 0.29) is 23.6 Å². The van der Waals surface area contributed by atoms with Crippen molar-refractivity contribution in [2.75, 3.05) is 13.7 Å². The Hall–Kier alpha value is -1.68. The highest BCUT2D eigenvalue weighted by molar-refractivity contribution is 5.74. The van der Waals surface area contributed by atoms with Crippen LogP contribution < -0.4 is 0 Å². The summed E-state index contributed by atoms with van der Waals surface area (Å²) >= 11 is 0. The zero-order valence-electron chi connectivity index (χ0n) is 12.1. The first-order valence-corrected chi connectivity index (χ1v) is 7.20. The first-order valence-electron chi connectivity index (χ1n) is 7.20. The third-order valence-electron chi connectivity index (χ3n) is 4.69. The summed E-state index contributed by atoms with van der Waals surface area (Å²) in [5.74, 6) is -0.851. The highest BCUT2D eigenvalue weighted by atomic mass is 19.1. The van der Waals surface area contributed by atoms with Gasteiger partial charge in [-0.05, 0) is 42.5 Å². The minimum absolute atomic E-state index is 0.107. The third-order valence-corrected chi connectivity index (χ3v) is 4.69. The largest absolute Gasteiger partial charge is 0.469 e. The quantitative estimate of drug-likeness (QED) is 0.620. The monoisotopic (exact) mass is 290 g/mol. The van der Waals surface area contributed by atoms with E-state index in [9.17, 15) is 9.18 Å². The second-order valence-electron chi connectivity index (χ2n) is 5.98. The van der Waals surface area contributed by atoms with E-state index in [2.05, 4.69) is 6.58 Å². The molecule has 2 aliphatic rings. The molecule has 4 heteroatoms. The second-order valence-corrected chi connectivity index (χ2v) is 5.98. The number of methoxy groups -OCH3 is 1. The normalized spacial score (nSPS) is 31.8. The number of halogens is 1. The van der Waals surface area contributed by atoms with Crippen LogP contribution in [0.3, 0.4) is 0 Å². The molecule has 1 aliphatic carbocycles. The zero-order chi connectivity index (χ0) is 15.0. The molecule has 1 aromatic carbocycles. The fourth-order valence-corrected chi connectivity index (χ4v) is 3.83. The first kappa shape index (κ1) is 14.3. The molecule has 21 heavy (non-hydrogen) atoms. The Kier molecular flexibility index (Phi) is 3.57. The van der Waals surface area contributed by atoms with Crippen molar-refractivity contribution in [3.63, 3.8) is 0 Å². The van der Waals surface area contributed by atoms with Gasteiger partial charge in [0.05, 0.1) is 25.2 Å². The molecule has 0 radical (unpaired) electrons. The van der Waals surface area contributed by atoms with Crippen molar-refractivity contribution in [3.05, 3.63) is 47.8 Å². The van der Waals surface area contributed by atoms with Crippen molar-refractivity contribution in [2.45, 2.75) is 30.8 Å². The molecule has 1 saturated heterocycles. The smallest absolute Gasteiger partial charge is 0.309 e. The number of carbonyl (C=O) groups excluding carboxylic acids is 1. The maximum Gasteiger partial charge on any atom is 0.309 e. The Morgan fingerprint density at radius 3 is 2.71 bits per heavy atom. The zero-order valence-corrected chi connectivity index (χ0v) is 12.1. The van der Waals surface area contributed by atoms with Gasteiger partial charge in [-0.15, -0.1) is 0 Å². The SMILES string of the molecule is C=C1CO[C@]2(CC[C@H](C(=O)OC)[C@H]2c2ccc(F)cc2)C1. The molecule has 1 saturated carbocycles. The summed E-state index contributed by atoms with van der Waals surface area (Å²) in [6.45, 7) is 4.54. The van der Waals surface area contributed by atoms with Crippen molar-refractivity contribution < 1.29 is 18.7 Å². The molecule has 0 amide bonds. The molecule has 0 N–H and O–H groups in total. The average Bonchev–Trinajstić information content (AvgIpc) is 3.03. The van der Waals surface area contributed by atoms with E-state index in [0.29, 0.717) is 6.61 Å². The fraction of sp³-hybridized carbons (Fsp3) is 0.471. The summed E-state index contributed by atoms with van der Waals surface area (Å²) < 4.78 is 24.2. The van der Waals surface area contributed by atoms with Crippen LogP contribution in [0.4, 0.5) is 4.39 Å². The summed E-state index contributed by atoms with van der Waals surface area (Å²) in [5, 5.41) is 0. The van der Waals surface area contributed by atoms with Crippen LogP contribution in [0, 0.1) is 11.7 Å². The van der Waals surface area contributed by atoms with Crippen molar-refractivity contribution in [3.8, 4) is 0 Å². The van der Waals surface area contributed by atoms with Crippen molar-refractivity contribution in [2.24, 2.45) is 5.92 Å². The molecule has 1 heterocycles. The van der Waals surface area contributed by atoms with Gasteiger partial charge >= 0.3 is 5.97 Å². The fourth-order valence-electron chi connectivity index (χ4n) is 3.83. The molecule has 0 unspecified atom stereocenters. The third kappa shape index (κ3) is 2.38. The molecular weight excluding hydrogens is 271 g/mol. The van der Waals surface area contributed by atoms with Gasteiger partial charge in [0.1, 0.15) is 5.82 Å². The molecule has 0 bridgehead atoms. The van der Waals surface area contributed by atoms with E-state index >= 15 is 0 Å². The lowest BCUT2D eigenvalue weighted by atomic mass is 9.78. The summed E-state index contributed by atoms with van der Waals surface area (Å²) in [6, 6.07) is 6.35. The maximum atomic E-state index is 13.2. The maximum absolute atomic E-state index is 13.2. The lowest BCUT2D eigenvalue weighted by Gasteiger charge is -2.32. The standard InChI is InChI=1S/C17H19FO3/c1-11-9-17(21-10-11)8-7-14(16(19)20-2)15(17)12-3-5-13(18)6-4-12/h3-6,14-15H,1,7-10H2,2H3/t14-,15+,17+/m0/s1. The van der Waals surface area contributed by atoms with E-state index in [1.54, 1.807) is 12.1 Å². The highest BCUT2D eigenvalue weighted by Crippen LogP contribution is 2.54. The van der Waals surface area contributed by atoms with Crippen LogP contribution in [0.5, 0.6) is 0 Å². The van der Waals surface area contributed by atoms with Crippen molar-refractivity contribution in [1.29, 1.82) is 0 Å². The number of hydrogen-bond donors (Lipinski definition) is 0. The van der Waals surface area contributed by atoms with Gasteiger partial charge in [0.25, 0.3) is 0 Å². The Balaban J connectivity index is 2.01. The van der Waals surface area contributed by atoms with Crippen LogP contribution in [0.1, 0.15) is 30.7 Å². The van der Waals surface area contributed by atoms with Crippen LogP contribution in [0.25, 0.3) is 0 Å². The Morgan fingerprint density at radius 1 is 1.43 bits per heavy atom. The Labute approximate surface area is 123 Å². The van der Waals surface area contributed by atoms with Gasteiger partial charge in [0.2, 0.25) is 0 Å². The lowest BCUT2D eigenvalue weighted by molar-refractivity contribution is -0.146. The number of benzene rings is 1. The number of esters is 1. The number of carbonyl (C=O) groups is 1. The Morgan fingerprint density at radius 2 is 2.14 bits per heavy atom. The van der Waals surface area contributed by atoms with E-state index in [4.69, 9.17) is 9.47 Å². The topological polar surface area (TPSA) is 35.5 Å². The Bertz CT molecular complexity index is 566. The van der Waals surface area contributed by atoms with Crippen LogP contribution in [0.15, 0.2) is 36.4 Å². The van der Waals surface area contributed by atoms with Crippen LogP contribution in [-0.4, -0.2) is 25.3 Å². The van der Waals surface area contributed by atoms with E-state index in [0.717, 1.165) is 30.4 Å². The molecule has 1 spiro atoms. The van der Waals surface area contributed by atoms with Gasteiger partial charge in [-0.25, -0.2) is 4.39 Å². The van der Waals surface area contributed by atoms with Gasteiger partial charge in [-0.1, -0.05) is 18.7 Å². The van der Waals surface area contributed by atoms with E-state index in [1.165, 1.54) is 19.2 Å². The molecule has 112 valence electrons. The predicted molar refractivity (Wildman–Crippen MR) is 76.3 cm³/mol. The highest BCUT2D eigenvalue weighted by Gasteiger charge is 2.55. The van der Waals surface area contributed by atoms with Crippen molar-refractivity contribution >= 4 is 5.97 Å². The molecular formula is C17H19FO3. The molecule has 2 fully saturated rings. The van der Waals surface area contributed by atoms with Gasteiger partial charge in [0.15, 0.2) is 0 Å². The van der Waals surface area contributed by atoms with E-state index < -0.39 is 5.60 Å². The summed E-state index contributed by atoms with van der Waals surface area (Å²) in [7, 11) is 1.41. The first-order chi connectivity index (χ1) is 10.1. The second kappa shape index (κ2) is 5.26. The summed E-state index contributed by atoms with van der Waals surface area (Å²) in [5.41, 5.74) is 1.58. The van der Waals surface area contributed by atoms with E-state index in [1.807, 2.05) is 0 Å². The van der Waals surface area contributed by atoms with Gasteiger partial charge in [0, 0.05) is 5.92 Å². The number of hydrogen-bond acceptors (Lipinski definition) is 3. The molecule has 1 aromatic rings. The minimum Gasteiger partial charge on any atom is -0.469 e. The minimum atomic E-state index is -0.395. The molecule has 3 rings (SSSR count). The predicted octanol–water partition coefficient (Wildman–Crippen LogP) is 3.21. The average molecular weight is 290 g/mol. The van der Waals surface area contributed by atoms with Gasteiger partial charge < -0.3 is 9.47 Å². The van der Waals surface area contributed by atoms with Crippen LogP contribution in [0.2, 0.25) is 0 Å². The molecule has 3 nitrogen and oxygen atoms in total. The van der Waals surface area contributed by atoms with Crippen LogP contribution in [-0.2, 0) is 14.3 Å². The van der Waals surface area contributed by atoms with Crippen molar-refractivity contribution in [1.82, 2.24) is 0 Å². The summed E-state index contributed by atoms with van der Waals surface area (Å²) in [6.07, 6.45) is 2.28. The molecule has 3 atom stereocenters. The van der Waals surface area contributed by atoms with Crippen LogP contribution >= 0.6 is 0 Å². The number of rotatable bonds is 2. The number of ether oxygens (including phenoxy) is 2. The van der Waals surface area contributed by atoms with Gasteiger partial charge in [-0.3, -0.25) is 4.79 Å². The molecule has 0 aromatic heterocycles. The van der Waals surface area contributed by atoms with Gasteiger partial charge in [-0.2, -0.15) is 0 Å². The molecule has 1 aliphatic heterocycles. The summed E-state index contributed by atoms with van der Waals surface area (Å²) in [4.78, 5) is 12.1. The lowest BCUT2D eigenvalue weighted by Crippen LogP contribution is -2.35.